The smallest absolute Gasteiger partial charge is 0.246 e. The molecule has 4 unspecified atom stereocenters. The van der Waals surface area contributed by atoms with Gasteiger partial charge in [0.05, 0.1) is 12.6 Å². The molecule has 0 aromatic heterocycles. The van der Waals surface area contributed by atoms with E-state index in [2.05, 4.69) is 12.2 Å². The van der Waals surface area contributed by atoms with Gasteiger partial charge in [0.1, 0.15) is 12.1 Å². The number of carbonyl (C=O) groups is 2. The third-order valence-corrected chi connectivity index (χ3v) is 4.50. The summed E-state index contributed by atoms with van der Waals surface area (Å²) >= 11 is 0. The van der Waals surface area contributed by atoms with E-state index in [0.717, 1.165) is 19.3 Å². The first-order chi connectivity index (χ1) is 9.60. The number of nitrogens with zero attached hydrogens (tertiary/aromatic N) is 1. The van der Waals surface area contributed by atoms with Crippen LogP contribution < -0.4 is 5.32 Å². The zero-order chi connectivity index (χ0) is 14.7. The number of carbonyl (C=O) groups excluding carboxylic acids is 2. The molecule has 114 valence electrons. The Morgan fingerprint density at radius 2 is 2.15 bits per heavy atom. The molecule has 0 aromatic rings. The maximum absolute atomic E-state index is 12.7. The first-order valence-corrected chi connectivity index (χ1v) is 7.80. The first kappa shape index (κ1) is 15.3. The quantitative estimate of drug-likeness (QED) is 0.827. The summed E-state index contributed by atoms with van der Waals surface area (Å²) in [6.07, 6.45) is 3.32. The fourth-order valence-corrected chi connectivity index (χ4v) is 3.15. The number of hydrogen-bond donors (Lipinski definition) is 1. The molecule has 2 saturated heterocycles. The highest BCUT2D eigenvalue weighted by Gasteiger charge is 2.45. The highest BCUT2D eigenvalue weighted by Crippen LogP contribution is 2.26. The lowest BCUT2D eigenvalue weighted by atomic mass is 9.91. The van der Waals surface area contributed by atoms with Crippen molar-refractivity contribution < 1.29 is 14.3 Å². The second-order valence-corrected chi connectivity index (χ2v) is 5.94. The first-order valence-electron chi connectivity index (χ1n) is 7.80. The van der Waals surface area contributed by atoms with Crippen LogP contribution in [0.2, 0.25) is 0 Å². The van der Waals surface area contributed by atoms with Gasteiger partial charge in [0, 0.05) is 6.61 Å². The van der Waals surface area contributed by atoms with Gasteiger partial charge >= 0.3 is 0 Å². The molecule has 2 aliphatic rings. The van der Waals surface area contributed by atoms with Crippen molar-refractivity contribution in [2.45, 2.75) is 64.6 Å². The molecule has 2 aliphatic heterocycles. The highest BCUT2D eigenvalue weighted by molar-refractivity contribution is 5.97. The highest BCUT2D eigenvalue weighted by atomic mass is 16.5. The van der Waals surface area contributed by atoms with Crippen molar-refractivity contribution in [2.24, 2.45) is 5.92 Å². The minimum absolute atomic E-state index is 0.00398. The van der Waals surface area contributed by atoms with Crippen LogP contribution in [0, 0.1) is 5.92 Å². The number of rotatable bonds is 5. The van der Waals surface area contributed by atoms with E-state index < -0.39 is 0 Å². The summed E-state index contributed by atoms with van der Waals surface area (Å²) in [4.78, 5) is 27.0. The third-order valence-electron chi connectivity index (χ3n) is 4.50. The van der Waals surface area contributed by atoms with Gasteiger partial charge in [-0.3, -0.25) is 9.59 Å². The SMILES string of the molecule is CCCC1NC(=O)C(C(C)CC)N(C2CCOC2)C1=O. The van der Waals surface area contributed by atoms with Crippen LogP contribution in [0.15, 0.2) is 0 Å². The molecule has 2 rings (SSSR count). The Morgan fingerprint density at radius 1 is 1.40 bits per heavy atom. The van der Waals surface area contributed by atoms with Crippen LogP contribution in [-0.4, -0.2) is 48.1 Å². The van der Waals surface area contributed by atoms with Gasteiger partial charge in [-0.15, -0.1) is 0 Å². The van der Waals surface area contributed by atoms with Crippen molar-refractivity contribution in [1.82, 2.24) is 10.2 Å². The molecule has 5 nitrogen and oxygen atoms in total. The van der Waals surface area contributed by atoms with Gasteiger partial charge in [0.2, 0.25) is 11.8 Å². The van der Waals surface area contributed by atoms with Crippen molar-refractivity contribution in [3.05, 3.63) is 0 Å². The average molecular weight is 282 g/mol. The van der Waals surface area contributed by atoms with Crippen molar-refractivity contribution in [2.75, 3.05) is 13.2 Å². The van der Waals surface area contributed by atoms with Gasteiger partial charge in [-0.25, -0.2) is 0 Å². The predicted octanol–water partition coefficient (Wildman–Crippen LogP) is 1.32. The molecule has 0 saturated carbocycles. The van der Waals surface area contributed by atoms with Crippen LogP contribution in [0.4, 0.5) is 0 Å². The Morgan fingerprint density at radius 3 is 2.70 bits per heavy atom. The van der Waals surface area contributed by atoms with E-state index >= 15 is 0 Å². The van der Waals surface area contributed by atoms with Gasteiger partial charge in [-0.05, 0) is 18.8 Å². The molecule has 5 heteroatoms. The van der Waals surface area contributed by atoms with Crippen LogP contribution in [0.5, 0.6) is 0 Å². The lowest BCUT2D eigenvalue weighted by molar-refractivity contribution is -0.154. The Kier molecular flexibility index (Phi) is 5.02. The van der Waals surface area contributed by atoms with E-state index in [1.165, 1.54) is 0 Å². The topological polar surface area (TPSA) is 58.6 Å². The maximum atomic E-state index is 12.7. The molecule has 0 radical (unpaired) electrons. The molecule has 1 N–H and O–H groups in total. The van der Waals surface area contributed by atoms with Crippen molar-refractivity contribution in [3.63, 3.8) is 0 Å². The largest absolute Gasteiger partial charge is 0.379 e. The van der Waals surface area contributed by atoms with Crippen LogP contribution in [-0.2, 0) is 14.3 Å². The van der Waals surface area contributed by atoms with E-state index in [1.54, 1.807) is 0 Å². The number of amides is 2. The van der Waals surface area contributed by atoms with Gasteiger partial charge < -0.3 is 15.0 Å². The van der Waals surface area contributed by atoms with E-state index in [1.807, 2.05) is 18.7 Å². The summed E-state index contributed by atoms with van der Waals surface area (Å²) < 4.78 is 5.43. The number of ether oxygens (including phenoxy) is 1. The monoisotopic (exact) mass is 282 g/mol. The molecular formula is C15H26N2O3. The number of hydrogen-bond acceptors (Lipinski definition) is 3. The van der Waals surface area contributed by atoms with Crippen LogP contribution >= 0.6 is 0 Å². The molecule has 4 atom stereocenters. The van der Waals surface area contributed by atoms with E-state index in [0.29, 0.717) is 19.6 Å². The predicted molar refractivity (Wildman–Crippen MR) is 76.2 cm³/mol. The summed E-state index contributed by atoms with van der Waals surface area (Å²) in [5.41, 5.74) is 0. The van der Waals surface area contributed by atoms with Gasteiger partial charge in [0.15, 0.2) is 0 Å². The zero-order valence-corrected chi connectivity index (χ0v) is 12.7. The van der Waals surface area contributed by atoms with Crippen LogP contribution in [0.1, 0.15) is 46.5 Å². The Bertz CT molecular complexity index is 366. The second-order valence-electron chi connectivity index (χ2n) is 5.94. The Hall–Kier alpha value is -1.10. The molecule has 2 amide bonds. The van der Waals surface area contributed by atoms with Crippen LogP contribution in [0.25, 0.3) is 0 Å². The number of nitrogens with one attached hydrogen (secondary N) is 1. The summed E-state index contributed by atoms with van der Waals surface area (Å²) in [5.74, 6) is 0.249. The molecule has 0 spiro atoms. The third kappa shape index (κ3) is 2.82. The fraction of sp³-hybridized carbons (Fsp3) is 0.867. The molecule has 20 heavy (non-hydrogen) atoms. The lowest BCUT2D eigenvalue weighted by Gasteiger charge is -2.44. The summed E-state index contributed by atoms with van der Waals surface area (Å²) in [6.45, 7) is 7.38. The molecular weight excluding hydrogens is 256 g/mol. The lowest BCUT2D eigenvalue weighted by Crippen LogP contribution is -2.67. The van der Waals surface area contributed by atoms with Crippen molar-refractivity contribution in [3.8, 4) is 0 Å². The summed E-state index contributed by atoms with van der Waals surface area (Å²) in [6, 6.07) is -0.632. The minimum atomic E-state index is -0.353. The Balaban J connectivity index is 2.25. The second kappa shape index (κ2) is 6.57. The van der Waals surface area contributed by atoms with E-state index in [-0.39, 0.29) is 35.9 Å². The van der Waals surface area contributed by atoms with Gasteiger partial charge in [-0.2, -0.15) is 0 Å². The van der Waals surface area contributed by atoms with Crippen molar-refractivity contribution in [1.29, 1.82) is 0 Å². The zero-order valence-electron chi connectivity index (χ0n) is 12.7. The van der Waals surface area contributed by atoms with Gasteiger partial charge in [0.25, 0.3) is 0 Å². The van der Waals surface area contributed by atoms with E-state index in [4.69, 9.17) is 4.74 Å². The van der Waals surface area contributed by atoms with E-state index in [9.17, 15) is 9.59 Å². The minimum Gasteiger partial charge on any atom is -0.379 e. The molecule has 0 aliphatic carbocycles. The molecule has 2 fully saturated rings. The molecule has 0 aromatic carbocycles. The fourth-order valence-electron chi connectivity index (χ4n) is 3.15. The Labute approximate surface area is 121 Å². The van der Waals surface area contributed by atoms with Crippen LogP contribution in [0.3, 0.4) is 0 Å². The normalized spacial score (nSPS) is 32.4. The summed E-state index contributed by atoms with van der Waals surface area (Å²) in [5, 5.41) is 2.91. The number of piperazine rings is 1. The maximum Gasteiger partial charge on any atom is 0.246 e. The molecule has 0 bridgehead atoms. The van der Waals surface area contributed by atoms with Crippen molar-refractivity contribution >= 4 is 11.8 Å². The standard InChI is InChI=1S/C15H26N2O3/c1-4-6-12-15(19)17(11-7-8-20-9-11)13(10(3)5-2)14(18)16-12/h10-13H,4-9H2,1-3H3,(H,16,18). The van der Waals surface area contributed by atoms with Gasteiger partial charge in [-0.1, -0.05) is 33.6 Å². The molecule has 2 heterocycles. The average Bonchev–Trinajstić information content (AvgIpc) is 2.95. The summed E-state index contributed by atoms with van der Waals surface area (Å²) in [7, 11) is 0.